The third-order valence-electron chi connectivity index (χ3n) is 2.62. The van der Waals surface area contributed by atoms with Gasteiger partial charge in [0.1, 0.15) is 17.5 Å². The zero-order valence-corrected chi connectivity index (χ0v) is 10.6. The van der Waals surface area contributed by atoms with Crippen molar-refractivity contribution in [2.75, 3.05) is 11.9 Å². The van der Waals surface area contributed by atoms with Crippen LogP contribution in [0.1, 0.15) is 17.1 Å². The molecule has 0 saturated carbocycles. The molecule has 0 bridgehead atoms. The van der Waals surface area contributed by atoms with Gasteiger partial charge in [0.05, 0.1) is 0 Å². The highest BCUT2D eigenvalue weighted by Crippen LogP contribution is 2.09. The molecule has 0 saturated heterocycles. The number of halogens is 1. The fourth-order valence-electron chi connectivity index (χ4n) is 1.83. The number of aryl methyl sites for hydroxylation is 2. The lowest BCUT2D eigenvalue weighted by Crippen LogP contribution is -2.08. The van der Waals surface area contributed by atoms with Crippen molar-refractivity contribution in [3.8, 4) is 0 Å². The average molecular weight is 245 g/mol. The summed E-state index contributed by atoms with van der Waals surface area (Å²) < 4.78 is 13.4. The van der Waals surface area contributed by atoms with E-state index in [-0.39, 0.29) is 5.82 Å². The highest BCUT2D eigenvalue weighted by Gasteiger charge is 2.01. The van der Waals surface area contributed by atoms with Gasteiger partial charge in [-0.25, -0.2) is 14.4 Å². The Bertz CT molecular complexity index is 520. The largest absolute Gasteiger partial charge is 0.370 e. The summed E-state index contributed by atoms with van der Waals surface area (Å²) in [5.74, 6) is 1.37. The van der Waals surface area contributed by atoms with E-state index in [1.807, 2.05) is 26.0 Å². The van der Waals surface area contributed by atoms with E-state index in [0.717, 1.165) is 17.3 Å². The second kappa shape index (κ2) is 5.58. The standard InChI is InChI=1S/C14H16FN3/c1-10-9-14(18-11(2)17-10)16-8-7-12-5-3-4-6-13(12)15/h3-6,9H,7-8H2,1-2H3,(H,16,17,18). The van der Waals surface area contributed by atoms with Crippen molar-refractivity contribution in [1.82, 2.24) is 9.97 Å². The van der Waals surface area contributed by atoms with Gasteiger partial charge in [-0.2, -0.15) is 0 Å². The van der Waals surface area contributed by atoms with E-state index in [9.17, 15) is 4.39 Å². The molecule has 0 aliphatic carbocycles. The van der Waals surface area contributed by atoms with Gasteiger partial charge in [0.25, 0.3) is 0 Å². The maximum Gasteiger partial charge on any atom is 0.129 e. The van der Waals surface area contributed by atoms with E-state index < -0.39 is 0 Å². The minimum Gasteiger partial charge on any atom is -0.370 e. The van der Waals surface area contributed by atoms with Crippen molar-refractivity contribution in [2.45, 2.75) is 20.3 Å². The Kier molecular flexibility index (Phi) is 3.87. The first-order valence-corrected chi connectivity index (χ1v) is 5.95. The Labute approximate surface area is 106 Å². The molecular weight excluding hydrogens is 229 g/mol. The number of hydrogen-bond donors (Lipinski definition) is 1. The summed E-state index contributed by atoms with van der Waals surface area (Å²) in [6.45, 7) is 4.43. The molecule has 2 aromatic rings. The van der Waals surface area contributed by atoms with Gasteiger partial charge in [0.2, 0.25) is 0 Å². The molecule has 0 spiro atoms. The maximum atomic E-state index is 13.4. The molecule has 1 aromatic heterocycles. The van der Waals surface area contributed by atoms with Crippen LogP contribution in [0, 0.1) is 19.7 Å². The zero-order valence-electron chi connectivity index (χ0n) is 10.6. The molecule has 1 N–H and O–H groups in total. The Morgan fingerprint density at radius 2 is 1.94 bits per heavy atom. The highest BCUT2D eigenvalue weighted by molar-refractivity contribution is 5.36. The molecule has 0 fully saturated rings. The summed E-state index contributed by atoms with van der Waals surface area (Å²) in [5, 5.41) is 3.18. The van der Waals surface area contributed by atoms with E-state index in [1.165, 1.54) is 6.07 Å². The highest BCUT2D eigenvalue weighted by atomic mass is 19.1. The third-order valence-corrected chi connectivity index (χ3v) is 2.62. The first-order chi connectivity index (χ1) is 8.65. The number of nitrogens with zero attached hydrogens (tertiary/aromatic N) is 2. The van der Waals surface area contributed by atoms with Crippen LogP contribution in [0.5, 0.6) is 0 Å². The van der Waals surface area contributed by atoms with Crippen LogP contribution >= 0.6 is 0 Å². The van der Waals surface area contributed by atoms with Gasteiger partial charge < -0.3 is 5.32 Å². The van der Waals surface area contributed by atoms with E-state index in [4.69, 9.17) is 0 Å². The lowest BCUT2D eigenvalue weighted by atomic mass is 10.1. The van der Waals surface area contributed by atoms with E-state index in [0.29, 0.717) is 18.5 Å². The first-order valence-electron chi connectivity index (χ1n) is 5.95. The Morgan fingerprint density at radius 1 is 1.17 bits per heavy atom. The SMILES string of the molecule is Cc1cc(NCCc2ccccc2F)nc(C)n1. The molecule has 1 aromatic carbocycles. The molecule has 3 nitrogen and oxygen atoms in total. The number of hydrogen-bond acceptors (Lipinski definition) is 3. The van der Waals surface area contributed by atoms with Gasteiger partial charge in [0.15, 0.2) is 0 Å². The van der Waals surface area contributed by atoms with Crippen LogP contribution in [0.2, 0.25) is 0 Å². The van der Waals surface area contributed by atoms with Crippen molar-refractivity contribution in [2.24, 2.45) is 0 Å². The third kappa shape index (κ3) is 3.26. The van der Waals surface area contributed by atoms with Crippen molar-refractivity contribution in [3.05, 3.63) is 53.2 Å². The summed E-state index contributed by atoms with van der Waals surface area (Å²) in [7, 11) is 0. The molecule has 0 aliphatic heterocycles. The van der Waals surface area contributed by atoms with Crippen LogP contribution in [-0.2, 0) is 6.42 Å². The van der Waals surface area contributed by atoms with E-state index in [1.54, 1.807) is 12.1 Å². The molecule has 1 heterocycles. The van der Waals surface area contributed by atoms with E-state index >= 15 is 0 Å². The zero-order chi connectivity index (χ0) is 13.0. The topological polar surface area (TPSA) is 37.8 Å². The second-order valence-corrected chi connectivity index (χ2v) is 4.21. The quantitative estimate of drug-likeness (QED) is 0.900. The predicted molar refractivity (Wildman–Crippen MR) is 70.1 cm³/mol. The Morgan fingerprint density at radius 3 is 2.67 bits per heavy atom. The average Bonchev–Trinajstić information content (AvgIpc) is 2.30. The lowest BCUT2D eigenvalue weighted by Gasteiger charge is -2.07. The molecular formula is C14H16FN3. The van der Waals surface area contributed by atoms with Crippen LogP contribution < -0.4 is 5.32 Å². The minimum atomic E-state index is -0.158. The second-order valence-electron chi connectivity index (χ2n) is 4.21. The van der Waals surface area contributed by atoms with Crippen molar-refractivity contribution in [3.63, 3.8) is 0 Å². The van der Waals surface area contributed by atoms with Crippen LogP contribution in [0.15, 0.2) is 30.3 Å². The summed E-state index contributed by atoms with van der Waals surface area (Å²) in [5.41, 5.74) is 1.64. The summed E-state index contributed by atoms with van der Waals surface area (Å²) in [6.07, 6.45) is 0.634. The van der Waals surface area contributed by atoms with Crippen molar-refractivity contribution in [1.29, 1.82) is 0 Å². The number of anilines is 1. The Hall–Kier alpha value is -1.97. The number of benzene rings is 1. The minimum absolute atomic E-state index is 0.158. The summed E-state index contributed by atoms with van der Waals surface area (Å²) in [6, 6.07) is 8.71. The van der Waals surface area contributed by atoms with Crippen molar-refractivity contribution >= 4 is 5.82 Å². The van der Waals surface area contributed by atoms with Crippen LogP contribution in [0.4, 0.5) is 10.2 Å². The summed E-state index contributed by atoms with van der Waals surface area (Å²) in [4.78, 5) is 8.48. The molecule has 0 radical (unpaired) electrons. The molecule has 0 unspecified atom stereocenters. The molecule has 94 valence electrons. The lowest BCUT2D eigenvalue weighted by molar-refractivity contribution is 0.610. The molecule has 18 heavy (non-hydrogen) atoms. The number of rotatable bonds is 4. The van der Waals surface area contributed by atoms with Crippen molar-refractivity contribution < 1.29 is 4.39 Å². The normalized spacial score (nSPS) is 10.4. The van der Waals surface area contributed by atoms with Crippen LogP contribution in [-0.4, -0.2) is 16.5 Å². The maximum absolute atomic E-state index is 13.4. The fraction of sp³-hybridized carbons (Fsp3) is 0.286. The van der Waals surface area contributed by atoms with Gasteiger partial charge in [-0.1, -0.05) is 18.2 Å². The molecule has 2 rings (SSSR count). The van der Waals surface area contributed by atoms with Crippen LogP contribution in [0.3, 0.4) is 0 Å². The fourth-order valence-corrected chi connectivity index (χ4v) is 1.83. The molecule has 0 amide bonds. The van der Waals surface area contributed by atoms with Gasteiger partial charge in [-0.3, -0.25) is 0 Å². The predicted octanol–water partition coefficient (Wildman–Crippen LogP) is 2.89. The smallest absolute Gasteiger partial charge is 0.129 e. The first kappa shape index (κ1) is 12.5. The number of nitrogens with one attached hydrogen (secondary N) is 1. The van der Waals surface area contributed by atoms with Gasteiger partial charge in [-0.05, 0) is 31.9 Å². The summed E-state index contributed by atoms with van der Waals surface area (Å²) >= 11 is 0. The van der Waals surface area contributed by atoms with Gasteiger partial charge in [0, 0.05) is 18.3 Å². The van der Waals surface area contributed by atoms with E-state index in [2.05, 4.69) is 15.3 Å². The number of aromatic nitrogens is 2. The van der Waals surface area contributed by atoms with Crippen LogP contribution in [0.25, 0.3) is 0 Å². The molecule has 0 atom stereocenters. The Balaban J connectivity index is 1.94. The van der Waals surface area contributed by atoms with Gasteiger partial charge in [-0.15, -0.1) is 0 Å². The molecule has 0 aliphatic rings. The monoisotopic (exact) mass is 245 g/mol. The molecule has 4 heteroatoms. The van der Waals surface area contributed by atoms with Gasteiger partial charge >= 0.3 is 0 Å².